The molecule has 1 aromatic heterocycles. The van der Waals surface area contributed by atoms with Crippen LogP contribution in [-0.2, 0) is 21.2 Å². The van der Waals surface area contributed by atoms with E-state index in [-0.39, 0.29) is 11.8 Å². The van der Waals surface area contributed by atoms with Crippen molar-refractivity contribution in [3.63, 3.8) is 0 Å². The molecule has 0 bridgehead atoms. The van der Waals surface area contributed by atoms with Gasteiger partial charge in [-0.2, -0.15) is 9.29 Å². The Hall–Kier alpha value is -2.26. The Labute approximate surface area is 171 Å². The predicted molar refractivity (Wildman–Crippen MR) is 108 cm³/mol. The molecule has 29 heavy (non-hydrogen) atoms. The number of hydrogen-bond donors (Lipinski definition) is 1. The Bertz CT molecular complexity index is 963. The summed E-state index contributed by atoms with van der Waals surface area (Å²) in [5.41, 5.74) is 2.02. The number of hydrogen-bond acceptors (Lipinski definition) is 6. The third-order valence-electron chi connectivity index (χ3n) is 5.38. The number of benzene rings is 1. The molecule has 1 N–H and O–H groups in total. The van der Waals surface area contributed by atoms with Crippen molar-refractivity contribution in [3.05, 3.63) is 41.0 Å². The van der Waals surface area contributed by atoms with E-state index in [0.717, 1.165) is 11.1 Å². The molecule has 9 heteroatoms. The van der Waals surface area contributed by atoms with E-state index >= 15 is 0 Å². The van der Waals surface area contributed by atoms with Gasteiger partial charge in [-0.05, 0) is 63.3 Å². The Morgan fingerprint density at radius 1 is 1.21 bits per heavy atom. The summed E-state index contributed by atoms with van der Waals surface area (Å²) in [6.45, 7) is 6.87. The number of nitrogens with zero attached hydrogens (tertiary/aromatic N) is 3. The summed E-state index contributed by atoms with van der Waals surface area (Å²) in [6.07, 6.45) is 2.39. The summed E-state index contributed by atoms with van der Waals surface area (Å²) in [5.74, 6) is 0.995. The van der Waals surface area contributed by atoms with Gasteiger partial charge in [-0.1, -0.05) is 11.2 Å². The Morgan fingerprint density at radius 3 is 2.55 bits per heavy atom. The molecule has 8 nitrogen and oxygen atoms in total. The molecule has 1 fully saturated rings. The molecule has 2 heterocycles. The van der Waals surface area contributed by atoms with Crippen LogP contribution in [0.4, 0.5) is 0 Å². The highest BCUT2D eigenvalue weighted by atomic mass is 32.2. The monoisotopic (exact) mass is 420 g/mol. The second kappa shape index (κ2) is 9.04. The van der Waals surface area contributed by atoms with Crippen molar-refractivity contribution in [1.29, 1.82) is 0 Å². The molecular formula is C20H28N4O4S. The van der Waals surface area contributed by atoms with E-state index in [9.17, 15) is 13.2 Å². The van der Waals surface area contributed by atoms with Crippen LogP contribution in [0.2, 0.25) is 0 Å². The number of rotatable bonds is 7. The molecule has 1 aliphatic rings. The molecule has 1 aromatic carbocycles. The first-order valence-corrected chi connectivity index (χ1v) is 11.4. The van der Waals surface area contributed by atoms with Crippen molar-refractivity contribution in [1.82, 2.24) is 19.8 Å². The molecular weight excluding hydrogens is 392 g/mol. The Morgan fingerprint density at radius 2 is 1.93 bits per heavy atom. The average molecular weight is 421 g/mol. The fraction of sp³-hybridized carbons (Fsp3) is 0.550. The molecule has 1 aliphatic heterocycles. The number of piperidine rings is 1. The molecule has 0 atom stereocenters. The zero-order valence-electron chi connectivity index (χ0n) is 17.1. The number of aryl methyl sites for hydroxylation is 4. The Balaban J connectivity index is 1.46. The maximum Gasteiger partial charge on any atom is 0.243 e. The van der Waals surface area contributed by atoms with Crippen LogP contribution in [-0.4, -0.2) is 48.4 Å². The van der Waals surface area contributed by atoms with Gasteiger partial charge in [0, 0.05) is 32.0 Å². The summed E-state index contributed by atoms with van der Waals surface area (Å²) in [7, 11) is -3.52. The van der Waals surface area contributed by atoms with E-state index < -0.39 is 10.0 Å². The smallest absolute Gasteiger partial charge is 0.243 e. The van der Waals surface area contributed by atoms with Crippen LogP contribution < -0.4 is 5.32 Å². The number of amides is 1. The van der Waals surface area contributed by atoms with Gasteiger partial charge in [0.2, 0.25) is 21.8 Å². The van der Waals surface area contributed by atoms with E-state index in [4.69, 9.17) is 4.52 Å². The molecule has 158 valence electrons. The minimum Gasteiger partial charge on any atom is -0.356 e. The van der Waals surface area contributed by atoms with Gasteiger partial charge < -0.3 is 9.84 Å². The van der Waals surface area contributed by atoms with Crippen LogP contribution in [0.1, 0.15) is 42.1 Å². The summed E-state index contributed by atoms with van der Waals surface area (Å²) in [4.78, 5) is 16.8. The molecule has 0 spiro atoms. The van der Waals surface area contributed by atoms with Gasteiger partial charge >= 0.3 is 0 Å². The second-order valence-electron chi connectivity index (χ2n) is 7.55. The quantitative estimate of drug-likeness (QED) is 0.688. The number of sulfonamides is 1. The molecule has 0 unspecified atom stereocenters. The predicted octanol–water partition coefficient (Wildman–Crippen LogP) is 2.14. The molecule has 2 aromatic rings. The zero-order valence-corrected chi connectivity index (χ0v) is 18.0. The standard InChI is InChI=1S/C20H28N4O4S/c1-14-6-7-18(13-15(14)2)29(26,27)24-11-8-17(9-12-24)20(25)21-10-4-5-19-22-16(3)23-28-19/h6-7,13,17H,4-5,8-12H2,1-3H3,(H,21,25). The SMILES string of the molecule is Cc1noc(CCCNC(=O)C2CCN(S(=O)(=O)c3ccc(C)c(C)c3)CC2)n1. The third-order valence-corrected chi connectivity index (χ3v) is 7.27. The van der Waals surface area contributed by atoms with Gasteiger partial charge in [0.1, 0.15) is 0 Å². The van der Waals surface area contributed by atoms with Crippen molar-refractivity contribution < 1.29 is 17.7 Å². The summed E-state index contributed by atoms with van der Waals surface area (Å²) in [5, 5.41) is 6.67. The minimum atomic E-state index is -3.52. The van der Waals surface area contributed by atoms with Crippen molar-refractivity contribution in [3.8, 4) is 0 Å². The lowest BCUT2D eigenvalue weighted by atomic mass is 9.97. The lowest BCUT2D eigenvalue weighted by molar-refractivity contribution is -0.126. The van der Waals surface area contributed by atoms with Gasteiger partial charge in [-0.25, -0.2) is 8.42 Å². The number of aromatic nitrogens is 2. The maximum atomic E-state index is 12.9. The largest absolute Gasteiger partial charge is 0.356 e. The highest BCUT2D eigenvalue weighted by Crippen LogP contribution is 2.25. The summed E-state index contributed by atoms with van der Waals surface area (Å²) >= 11 is 0. The maximum absolute atomic E-state index is 12.9. The normalized spacial score (nSPS) is 16.1. The first-order valence-electron chi connectivity index (χ1n) is 9.91. The van der Waals surface area contributed by atoms with E-state index in [2.05, 4.69) is 15.5 Å². The number of nitrogens with one attached hydrogen (secondary N) is 1. The van der Waals surface area contributed by atoms with Gasteiger partial charge in [0.15, 0.2) is 5.82 Å². The van der Waals surface area contributed by atoms with Crippen LogP contribution >= 0.6 is 0 Å². The van der Waals surface area contributed by atoms with Crippen LogP contribution in [0.25, 0.3) is 0 Å². The molecule has 0 saturated carbocycles. The average Bonchev–Trinajstić information content (AvgIpc) is 3.12. The van der Waals surface area contributed by atoms with E-state index in [1.54, 1.807) is 19.1 Å². The highest BCUT2D eigenvalue weighted by molar-refractivity contribution is 7.89. The van der Waals surface area contributed by atoms with E-state index in [0.29, 0.717) is 61.9 Å². The van der Waals surface area contributed by atoms with Gasteiger partial charge in [0.25, 0.3) is 0 Å². The number of carbonyl (C=O) groups excluding carboxylic acids is 1. The fourth-order valence-corrected chi connectivity index (χ4v) is 4.97. The zero-order chi connectivity index (χ0) is 21.0. The molecule has 0 radical (unpaired) electrons. The molecule has 1 saturated heterocycles. The van der Waals surface area contributed by atoms with Crippen molar-refractivity contribution in [2.24, 2.45) is 5.92 Å². The third kappa shape index (κ3) is 5.22. The Kier molecular flexibility index (Phi) is 6.69. The lowest BCUT2D eigenvalue weighted by Crippen LogP contribution is -2.43. The lowest BCUT2D eigenvalue weighted by Gasteiger charge is -2.30. The second-order valence-corrected chi connectivity index (χ2v) is 9.49. The molecule has 0 aliphatic carbocycles. The number of carbonyl (C=O) groups is 1. The van der Waals surface area contributed by atoms with Crippen molar-refractivity contribution >= 4 is 15.9 Å². The van der Waals surface area contributed by atoms with Crippen LogP contribution in [0, 0.1) is 26.7 Å². The highest BCUT2D eigenvalue weighted by Gasteiger charge is 2.32. The van der Waals surface area contributed by atoms with E-state index in [1.165, 1.54) is 4.31 Å². The molecule has 3 rings (SSSR count). The first kappa shape index (κ1) is 21.4. The minimum absolute atomic E-state index is 0.0186. The van der Waals surface area contributed by atoms with Crippen LogP contribution in [0.5, 0.6) is 0 Å². The van der Waals surface area contributed by atoms with E-state index in [1.807, 2.05) is 19.9 Å². The van der Waals surface area contributed by atoms with Crippen molar-refractivity contribution in [2.75, 3.05) is 19.6 Å². The van der Waals surface area contributed by atoms with Gasteiger partial charge in [-0.15, -0.1) is 0 Å². The van der Waals surface area contributed by atoms with Crippen LogP contribution in [0.3, 0.4) is 0 Å². The fourth-order valence-electron chi connectivity index (χ4n) is 3.42. The topological polar surface area (TPSA) is 105 Å². The first-order chi connectivity index (χ1) is 13.8. The van der Waals surface area contributed by atoms with Gasteiger partial charge in [0.05, 0.1) is 4.90 Å². The van der Waals surface area contributed by atoms with Crippen LogP contribution in [0.15, 0.2) is 27.6 Å². The van der Waals surface area contributed by atoms with Gasteiger partial charge in [-0.3, -0.25) is 4.79 Å². The summed E-state index contributed by atoms with van der Waals surface area (Å²) in [6, 6.07) is 5.20. The molecule has 1 amide bonds. The van der Waals surface area contributed by atoms with Crippen molar-refractivity contribution in [2.45, 2.75) is 51.3 Å². The summed E-state index contributed by atoms with van der Waals surface area (Å²) < 4.78 is 32.3.